The first-order valence-corrected chi connectivity index (χ1v) is 5.99. The van der Waals surface area contributed by atoms with Crippen LogP contribution in [0.25, 0.3) is 0 Å². The molecule has 0 radical (unpaired) electrons. The van der Waals surface area contributed by atoms with Gasteiger partial charge in [-0.2, -0.15) is 0 Å². The number of nitrogens with two attached hydrogens (primary N) is 1. The third-order valence-electron chi connectivity index (χ3n) is 2.97. The number of hydrogen-bond donors (Lipinski definition) is 2. The Morgan fingerprint density at radius 1 is 1.47 bits per heavy atom. The van der Waals surface area contributed by atoms with Gasteiger partial charge in [-0.3, -0.25) is 0 Å². The average Bonchev–Trinajstić information content (AvgIpc) is 2.17. The third kappa shape index (κ3) is 7.77. The lowest BCUT2D eigenvalue weighted by Crippen LogP contribution is -2.40. The lowest BCUT2D eigenvalue weighted by atomic mass is 9.98. The molecule has 0 amide bonds. The van der Waals surface area contributed by atoms with Crippen LogP contribution in [0.3, 0.4) is 0 Å². The molecule has 15 heavy (non-hydrogen) atoms. The molecule has 0 aromatic heterocycles. The molecule has 3 nitrogen and oxygen atoms in total. The number of aliphatic hydroxyl groups excluding tert-OH is 1. The Bertz CT molecular complexity index is 160. The molecular weight excluding hydrogens is 188 g/mol. The van der Waals surface area contributed by atoms with Crippen LogP contribution in [0, 0.1) is 5.92 Å². The van der Waals surface area contributed by atoms with Crippen LogP contribution in [-0.4, -0.2) is 42.3 Å². The predicted molar refractivity (Wildman–Crippen MR) is 65.9 cm³/mol. The van der Waals surface area contributed by atoms with E-state index in [-0.39, 0.29) is 6.61 Å². The first-order valence-electron chi connectivity index (χ1n) is 5.99. The number of aliphatic hydroxyl groups is 1. The van der Waals surface area contributed by atoms with E-state index >= 15 is 0 Å². The zero-order valence-corrected chi connectivity index (χ0v) is 10.8. The molecule has 0 fully saturated rings. The molecule has 3 heteroatoms. The molecule has 0 aliphatic heterocycles. The van der Waals surface area contributed by atoms with Gasteiger partial charge in [0.25, 0.3) is 0 Å². The van der Waals surface area contributed by atoms with Gasteiger partial charge in [0.05, 0.1) is 6.61 Å². The zero-order chi connectivity index (χ0) is 11.9. The fourth-order valence-corrected chi connectivity index (χ4v) is 1.58. The Balaban J connectivity index is 3.59. The van der Waals surface area contributed by atoms with Crippen molar-refractivity contribution in [2.45, 2.75) is 45.6 Å². The standard InChI is InChI=1S/C12H28N2O/c1-5-11(2)9-14(4)8-6-7-12(3,13)10-15/h11,15H,5-10,13H2,1-4H3. The molecule has 0 aromatic carbocycles. The molecule has 92 valence electrons. The summed E-state index contributed by atoms with van der Waals surface area (Å²) in [5.41, 5.74) is 5.46. The van der Waals surface area contributed by atoms with Crippen LogP contribution in [0.15, 0.2) is 0 Å². The van der Waals surface area contributed by atoms with Crippen LogP contribution in [-0.2, 0) is 0 Å². The summed E-state index contributed by atoms with van der Waals surface area (Å²) in [4.78, 5) is 2.35. The highest BCUT2D eigenvalue weighted by Gasteiger charge is 2.16. The highest BCUT2D eigenvalue weighted by molar-refractivity contribution is 4.77. The van der Waals surface area contributed by atoms with E-state index in [1.165, 1.54) is 6.42 Å². The molecule has 3 N–H and O–H groups in total. The van der Waals surface area contributed by atoms with Crippen molar-refractivity contribution in [2.75, 3.05) is 26.7 Å². The Kier molecular flexibility index (Phi) is 7.14. The summed E-state index contributed by atoms with van der Waals surface area (Å²) >= 11 is 0. The summed E-state index contributed by atoms with van der Waals surface area (Å²) < 4.78 is 0. The summed E-state index contributed by atoms with van der Waals surface area (Å²) in [5, 5.41) is 9.00. The van der Waals surface area contributed by atoms with E-state index in [1.807, 2.05) is 6.92 Å². The van der Waals surface area contributed by atoms with Crippen molar-refractivity contribution in [1.82, 2.24) is 4.90 Å². The fourth-order valence-electron chi connectivity index (χ4n) is 1.58. The second-order valence-corrected chi connectivity index (χ2v) is 5.19. The summed E-state index contributed by atoms with van der Waals surface area (Å²) in [6.07, 6.45) is 3.17. The summed E-state index contributed by atoms with van der Waals surface area (Å²) in [7, 11) is 2.15. The number of hydrogen-bond acceptors (Lipinski definition) is 3. The zero-order valence-electron chi connectivity index (χ0n) is 10.8. The van der Waals surface area contributed by atoms with Crippen molar-refractivity contribution in [3.8, 4) is 0 Å². The van der Waals surface area contributed by atoms with E-state index < -0.39 is 5.54 Å². The Hall–Kier alpha value is -0.120. The maximum atomic E-state index is 9.00. The minimum absolute atomic E-state index is 0.0715. The van der Waals surface area contributed by atoms with Crippen molar-refractivity contribution in [3.05, 3.63) is 0 Å². The van der Waals surface area contributed by atoms with E-state index in [1.54, 1.807) is 0 Å². The molecule has 0 bridgehead atoms. The highest BCUT2D eigenvalue weighted by Crippen LogP contribution is 2.09. The first kappa shape index (κ1) is 14.9. The maximum absolute atomic E-state index is 9.00. The van der Waals surface area contributed by atoms with Crippen LogP contribution in [0.1, 0.15) is 40.0 Å². The third-order valence-corrected chi connectivity index (χ3v) is 2.97. The van der Waals surface area contributed by atoms with Gasteiger partial charge in [0, 0.05) is 12.1 Å². The van der Waals surface area contributed by atoms with Gasteiger partial charge in [-0.1, -0.05) is 20.3 Å². The minimum Gasteiger partial charge on any atom is -0.394 e. The van der Waals surface area contributed by atoms with Crippen LogP contribution >= 0.6 is 0 Å². The molecule has 0 heterocycles. The molecule has 0 saturated heterocycles. The van der Waals surface area contributed by atoms with Gasteiger partial charge in [0.15, 0.2) is 0 Å². The molecule has 0 rings (SSSR count). The summed E-state index contributed by atoms with van der Waals surface area (Å²) in [6.45, 7) is 8.69. The topological polar surface area (TPSA) is 49.5 Å². The van der Waals surface area contributed by atoms with Crippen molar-refractivity contribution in [2.24, 2.45) is 11.7 Å². The quantitative estimate of drug-likeness (QED) is 0.646. The Morgan fingerprint density at radius 3 is 2.53 bits per heavy atom. The fraction of sp³-hybridized carbons (Fsp3) is 1.00. The van der Waals surface area contributed by atoms with Crippen LogP contribution in [0.4, 0.5) is 0 Å². The molecule has 0 aliphatic rings. The Morgan fingerprint density at radius 2 is 2.07 bits per heavy atom. The van der Waals surface area contributed by atoms with Crippen molar-refractivity contribution in [3.63, 3.8) is 0 Å². The summed E-state index contributed by atoms with van der Waals surface area (Å²) in [6, 6.07) is 0. The Labute approximate surface area is 94.6 Å². The van der Waals surface area contributed by atoms with Gasteiger partial charge in [-0.25, -0.2) is 0 Å². The SMILES string of the molecule is CCC(C)CN(C)CCCC(C)(N)CO. The van der Waals surface area contributed by atoms with Crippen molar-refractivity contribution < 1.29 is 5.11 Å². The highest BCUT2D eigenvalue weighted by atomic mass is 16.3. The monoisotopic (exact) mass is 216 g/mol. The molecule has 0 aromatic rings. The molecular formula is C12H28N2O. The van der Waals surface area contributed by atoms with Crippen LogP contribution in [0.5, 0.6) is 0 Å². The lowest BCUT2D eigenvalue weighted by molar-refractivity contribution is 0.189. The molecule has 2 unspecified atom stereocenters. The van der Waals surface area contributed by atoms with E-state index in [0.29, 0.717) is 0 Å². The van der Waals surface area contributed by atoms with Gasteiger partial charge >= 0.3 is 0 Å². The largest absolute Gasteiger partial charge is 0.394 e. The van der Waals surface area contributed by atoms with E-state index in [4.69, 9.17) is 10.8 Å². The van der Waals surface area contributed by atoms with E-state index in [2.05, 4.69) is 25.8 Å². The second-order valence-electron chi connectivity index (χ2n) is 5.19. The number of nitrogens with zero attached hydrogens (tertiary/aromatic N) is 1. The molecule has 0 spiro atoms. The average molecular weight is 216 g/mol. The molecule has 0 saturated carbocycles. The number of rotatable bonds is 8. The van der Waals surface area contributed by atoms with Crippen molar-refractivity contribution in [1.29, 1.82) is 0 Å². The van der Waals surface area contributed by atoms with Crippen LogP contribution < -0.4 is 5.73 Å². The van der Waals surface area contributed by atoms with Gasteiger partial charge < -0.3 is 15.7 Å². The first-order chi connectivity index (χ1) is 6.91. The van der Waals surface area contributed by atoms with E-state index in [0.717, 1.165) is 31.8 Å². The predicted octanol–water partition coefficient (Wildman–Crippen LogP) is 1.45. The normalized spacial score (nSPS) is 17.8. The molecule has 2 atom stereocenters. The lowest BCUT2D eigenvalue weighted by Gasteiger charge is -2.24. The van der Waals surface area contributed by atoms with Crippen LogP contribution in [0.2, 0.25) is 0 Å². The maximum Gasteiger partial charge on any atom is 0.0608 e. The summed E-state index contributed by atoms with van der Waals surface area (Å²) in [5.74, 6) is 0.761. The van der Waals surface area contributed by atoms with Gasteiger partial charge in [-0.05, 0) is 39.3 Å². The molecule has 0 aliphatic carbocycles. The second kappa shape index (κ2) is 7.20. The van der Waals surface area contributed by atoms with Gasteiger partial charge in [0.2, 0.25) is 0 Å². The smallest absolute Gasteiger partial charge is 0.0608 e. The van der Waals surface area contributed by atoms with E-state index in [9.17, 15) is 0 Å². The van der Waals surface area contributed by atoms with Gasteiger partial charge in [0.1, 0.15) is 0 Å². The minimum atomic E-state index is -0.406. The van der Waals surface area contributed by atoms with Crippen molar-refractivity contribution >= 4 is 0 Å². The van der Waals surface area contributed by atoms with Gasteiger partial charge in [-0.15, -0.1) is 0 Å².